The number of rotatable bonds is 12. The van der Waals surface area contributed by atoms with Gasteiger partial charge >= 0.3 is 0 Å². The maximum Gasteiger partial charge on any atom is 0.264 e. The van der Waals surface area contributed by atoms with Crippen LogP contribution in [0.3, 0.4) is 0 Å². The lowest BCUT2D eigenvalue weighted by Gasteiger charge is -2.33. The van der Waals surface area contributed by atoms with Gasteiger partial charge in [-0.05, 0) is 67.8 Å². The third-order valence-electron chi connectivity index (χ3n) is 6.36. The van der Waals surface area contributed by atoms with Crippen LogP contribution in [-0.2, 0) is 26.2 Å². The average molecular weight is 591 g/mol. The van der Waals surface area contributed by atoms with Crippen LogP contribution in [0.2, 0.25) is 10.0 Å². The van der Waals surface area contributed by atoms with Gasteiger partial charge in [0.1, 0.15) is 12.6 Å². The molecule has 39 heavy (non-hydrogen) atoms. The van der Waals surface area contributed by atoms with Crippen LogP contribution in [0.1, 0.15) is 39.2 Å². The zero-order chi connectivity index (χ0) is 28.6. The van der Waals surface area contributed by atoms with Gasteiger partial charge in [-0.2, -0.15) is 0 Å². The largest absolute Gasteiger partial charge is 0.352 e. The average Bonchev–Trinajstić information content (AvgIpc) is 2.92. The lowest BCUT2D eigenvalue weighted by Crippen LogP contribution is -2.53. The van der Waals surface area contributed by atoms with Crippen LogP contribution in [0.15, 0.2) is 83.8 Å². The Kier molecular flexibility index (Phi) is 10.8. The Labute approximate surface area is 240 Å². The SMILES string of the molecule is CC[C@H](C)NC(=O)[C@H](CC)N(Cc1ccccc1)C(=O)CN(c1cccc(Cl)c1)S(=O)(=O)c1ccc(Cl)cc1. The van der Waals surface area contributed by atoms with Crippen LogP contribution >= 0.6 is 23.2 Å². The van der Waals surface area contributed by atoms with Gasteiger partial charge in [0.25, 0.3) is 10.0 Å². The molecule has 0 aliphatic heterocycles. The van der Waals surface area contributed by atoms with E-state index in [1.54, 1.807) is 18.2 Å². The van der Waals surface area contributed by atoms with Gasteiger partial charge in [-0.1, -0.05) is 73.4 Å². The Hall–Kier alpha value is -3.07. The van der Waals surface area contributed by atoms with Gasteiger partial charge in [-0.15, -0.1) is 0 Å². The van der Waals surface area contributed by atoms with E-state index in [0.717, 1.165) is 16.3 Å². The Bertz CT molecular complexity index is 1370. The van der Waals surface area contributed by atoms with Crippen molar-refractivity contribution in [2.24, 2.45) is 0 Å². The van der Waals surface area contributed by atoms with Gasteiger partial charge in [0.15, 0.2) is 0 Å². The summed E-state index contributed by atoms with van der Waals surface area (Å²) in [6, 6.07) is 20.4. The van der Waals surface area contributed by atoms with Crippen LogP contribution in [0.5, 0.6) is 0 Å². The standard InChI is InChI=1S/C29H33Cl2N3O4S/c1-4-21(3)32-29(36)27(5-2)33(19-22-10-7-6-8-11-22)28(35)20-34(25-13-9-12-24(31)18-25)39(37,38)26-16-14-23(30)15-17-26/h6-18,21,27H,4-5,19-20H2,1-3H3,(H,32,36)/t21-,27-/m0/s1. The van der Waals surface area contributed by atoms with E-state index >= 15 is 0 Å². The van der Waals surface area contributed by atoms with E-state index < -0.39 is 28.5 Å². The van der Waals surface area contributed by atoms with E-state index in [0.29, 0.717) is 16.5 Å². The van der Waals surface area contributed by atoms with Crippen molar-refractivity contribution >= 4 is 50.7 Å². The molecule has 0 spiro atoms. The second-order valence-electron chi connectivity index (χ2n) is 9.19. The number of halogens is 2. The first-order chi connectivity index (χ1) is 18.6. The highest BCUT2D eigenvalue weighted by molar-refractivity contribution is 7.92. The summed E-state index contributed by atoms with van der Waals surface area (Å²) in [6.07, 6.45) is 1.08. The van der Waals surface area contributed by atoms with E-state index in [4.69, 9.17) is 23.2 Å². The zero-order valence-electron chi connectivity index (χ0n) is 22.2. The summed E-state index contributed by atoms with van der Waals surface area (Å²) >= 11 is 12.2. The summed E-state index contributed by atoms with van der Waals surface area (Å²) in [7, 11) is -4.20. The van der Waals surface area contributed by atoms with E-state index in [1.807, 2.05) is 51.1 Å². The predicted molar refractivity (Wildman–Crippen MR) is 156 cm³/mol. The molecule has 0 bridgehead atoms. The molecule has 3 aromatic carbocycles. The first-order valence-electron chi connectivity index (χ1n) is 12.7. The van der Waals surface area contributed by atoms with Crippen molar-refractivity contribution in [2.45, 2.75) is 57.1 Å². The summed E-state index contributed by atoms with van der Waals surface area (Å²) in [5, 5.41) is 3.66. The number of nitrogens with zero attached hydrogens (tertiary/aromatic N) is 2. The molecule has 208 valence electrons. The van der Waals surface area contributed by atoms with Gasteiger partial charge in [0, 0.05) is 22.6 Å². The molecule has 0 fully saturated rings. The molecule has 3 rings (SSSR count). The van der Waals surface area contributed by atoms with Crippen LogP contribution in [0.25, 0.3) is 0 Å². The molecule has 7 nitrogen and oxygen atoms in total. The quantitative estimate of drug-likeness (QED) is 0.284. The van der Waals surface area contributed by atoms with E-state index in [1.165, 1.54) is 35.2 Å². The highest BCUT2D eigenvalue weighted by Crippen LogP contribution is 2.27. The predicted octanol–water partition coefficient (Wildman–Crippen LogP) is 5.91. The number of sulfonamides is 1. The highest BCUT2D eigenvalue weighted by Gasteiger charge is 2.34. The minimum Gasteiger partial charge on any atom is -0.352 e. The van der Waals surface area contributed by atoms with Crippen LogP contribution in [-0.4, -0.2) is 43.8 Å². The lowest BCUT2D eigenvalue weighted by molar-refractivity contribution is -0.140. The molecule has 0 unspecified atom stereocenters. The molecule has 0 radical (unpaired) electrons. The number of benzene rings is 3. The number of carbonyl (C=O) groups is 2. The molecule has 0 saturated heterocycles. The van der Waals surface area contributed by atoms with Crippen molar-refractivity contribution in [3.8, 4) is 0 Å². The van der Waals surface area contributed by atoms with Gasteiger partial charge < -0.3 is 10.2 Å². The molecule has 10 heteroatoms. The van der Waals surface area contributed by atoms with Crippen molar-refractivity contribution in [1.82, 2.24) is 10.2 Å². The molecule has 0 aliphatic carbocycles. The number of hydrogen-bond acceptors (Lipinski definition) is 4. The molecular weight excluding hydrogens is 557 g/mol. The Morgan fingerprint density at radius 3 is 2.13 bits per heavy atom. The molecule has 2 amide bonds. The number of hydrogen-bond donors (Lipinski definition) is 1. The van der Waals surface area contributed by atoms with Gasteiger partial charge in [0.2, 0.25) is 11.8 Å². The summed E-state index contributed by atoms with van der Waals surface area (Å²) in [5.41, 5.74) is 1.04. The Morgan fingerprint density at radius 1 is 0.872 bits per heavy atom. The maximum atomic E-state index is 14.0. The lowest BCUT2D eigenvalue weighted by atomic mass is 10.1. The Morgan fingerprint density at radius 2 is 1.54 bits per heavy atom. The van der Waals surface area contributed by atoms with Gasteiger partial charge in [-0.3, -0.25) is 13.9 Å². The summed E-state index contributed by atoms with van der Waals surface area (Å²) in [4.78, 5) is 28.7. The minimum absolute atomic E-state index is 0.0316. The topological polar surface area (TPSA) is 86.8 Å². The smallest absolute Gasteiger partial charge is 0.264 e. The first-order valence-corrected chi connectivity index (χ1v) is 14.9. The second kappa shape index (κ2) is 13.8. The number of anilines is 1. The molecule has 2 atom stereocenters. The second-order valence-corrected chi connectivity index (χ2v) is 11.9. The van der Waals surface area contributed by atoms with E-state index in [-0.39, 0.29) is 29.1 Å². The van der Waals surface area contributed by atoms with E-state index in [9.17, 15) is 18.0 Å². The highest BCUT2D eigenvalue weighted by atomic mass is 35.5. The van der Waals surface area contributed by atoms with Crippen LogP contribution in [0, 0.1) is 0 Å². The van der Waals surface area contributed by atoms with Gasteiger partial charge in [0.05, 0.1) is 10.6 Å². The van der Waals surface area contributed by atoms with Crippen molar-refractivity contribution in [2.75, 3.05) is 10.8 Å². The van der Waals surface area contributed by atoms with Crippen LogP contribution < -0.4 is 9.62 Å². The molecular formula is C29H33Cl2N3O4S. The summed E-state index contributed by atoms with van der Waals surface area (Å²) in [6.45, 7) is 5.28. The normalized spacial score (nSPS) is 12.8. The molecule has 0 aliphatic rings. The number of nitrogens with one attached hydrogen (secondary N) is 1. The van der Waals surface area contributed by atoms with Crippen molar-refractivity contribution in [3.05, 3.63) is 94.5 Å². The Balaban J connectivity index is 2.04. The number of carbonyl (C=O) groups excluding carboxylic acids is 2. The molecule has 3 aromatic rings. The third kappa shape index (κ3) is 7.97. The van der Waals surface area contributed by atoms with Crippen LogP contribution in [0.4, 0.5) is 5.69 Å². The number of amides is 2. The maximum absolute atomic E-state index is 14.0. The van der Waals surface area contributed by atoms with Crippen molar-refractivity contribution in [3.63, 3.8) is 0 Å². The third-order valence-corrected chi connectivity index (χ3v) is 8.63. The van der Waals surface area contributed by atoms with Crippen molar-refractivity contribution in [1.29, 1.82) is 0 Å². The van der Waals surface area contributed by atoms with Crippen molar-refractivity contribution < 1.29 is 18.0 Å². The minimum atomic E-state index is -4.20. The molecule has 1 N–H and O–H groups in total. The fraction of sp³-hybridized carbons (Fsp3) is 0.310. The summed E-state index contributed by atoms with van der Waals surface area (Å²) < 4.78 is 28.7. The summed E-state index contributed by atoms with van der Waals surface area (Å²) in [5.74, 6) is -0.812. The fourth-order valence-corrected chi connectivity index (χ4v) is 5.75. The molecule has 0 heterocycles. The molecule has 0 aromatic heterocycles. The zero-order valence-corrected chi connectivity index (χ0v) is 24.5. The van der Waals surface area contributed by atoms with Gasteiger partial charge in [-0.25, -0.2) is 8.42 Å². The molecule has 0 saturated carbocycles. The first kappa shape index (κ1) is 30.5. The fourth-order valence-electron chi connectivity index (χ4n) is 4.03. The van der Waals surface area contributed by atoms with E-state index in [2.05, 4.69) is 5.32 Å². The monoisotopic (exact) mass is 589 g/mol.